The molecule has 0 bridgehead atoms. The molecule has 1 unspecified atom stereocenters. The summed E-state index contributed by atoms with van der Waals surface area (Å²) in [5.41, 5.74) is 4.43. The molecule has 164 valence electrons. The van der Waals surface area contributed by atoms with E-state index in [0.29, 0.717) is 29.2 Å². The van der Waals surface area contributed by atoms with E-state index in [2.05, 4.69) is 10.5 Å². The van der Waals surface area contributed by atoms with Crippen LogP contribution >= 0.6 is 0 Å². The number of carbonyl (C=O) groups is 2. The Bertz CT molecular complexity index is 1210. The normalized spacial score (nSPS) is 17.4. The highest BCUT2D eigenvalue weighted by Crippen LogP contribution is 2.40. The summed E-state index contributed by atoms with van der Waals surface area (Å²) >= 11 is 0. The van der Waals surface area contributed by atoms with Crippen molar-refractivity contribution in [1.29, 1.82) is 0 Å². The molecule has 2 heterocycles. The summed E-state index contributed by atoms with van der Waals surface area (Å²) in [6.45, 7) is 2.02. The predicted octanol–water partition coefficient (Wildman–Crippen LogP) is 4.10. The third-order valence-electron chi connectivity index (χ3n) is 5.89. The van der Waals surface area contributed by atoms with Gasteiger partial charge in [0.2, 0.25) is 5.91 Å². The Labute approximate surface area is 184 Å². The number of carbonyl (C=O) groups excluding carboxylic acids is 2. The van der Waals surface area contributed by atoms with Gasteiger partial charge in [0.15, 0.2) is 5.76 Å². The fourth-order valence-corrected chi connectivity index (χ4v) is 4.33. The number of cyclic esters (lactones) is 1. The maximum atomic E-state index is 14.4. The van der Waals surface area contributed by atoms with Gasteiger partial charge < -0.3 is 14.6 Å². The number of aromatic nitrogens is 1. The number of ether oxygens (including phenoxy) is 1. The van der Waals surface area contributed by atoms with E-state index in [1.807, 2.05) is 18.2 Å². The molecule has 1 aliphatic heterocycles. The Hall–Kier alpha value is -3.68. The second-order valence-corrected chi connectivity index (χ2v) is 8.07. The molecule has 2 amide bonds. The van der Waals surface area contributed by atoms with E-state index >= 15 is 0 Å². The minimum absolute atomic E-state index is 0.173. The quantitative estimate of drug-likeness (QED) is 0.667. The second-order valence-electron chi connectivity index (χ2n) is 8.07. The van der Waals surface area contributed by atoms with Gasteiger partial charge in [-0.25, -0.2) is 9.18 Å². The average Bonchev–Trinajstić information content (AvgIpc) is 3.31. The zero-order valence-electron chi connectivity index (χ0n) is 17.6. The van der Waals surface area contributed by atoms with Gasteiger partial charge in [-0.1, -0.05) is 23.4 Å². The first-order valence-corrected chi connectivity index (χ1v) is 10.6. The molecule has 1 N–H and O–H groups in total. The van der Waals surface area contributed by atoms with E-state index in [1.165, 1.54) is 13.0 Å². The number of nitrogens with one attached hydrogen (secondary N) is 1. The van der Waals surface area contributed by atoms with Crippen LogP contribution in [0.15, 0.2) is 47.0 Å². The SMILES string of the molecule is CC(=O)NCC1CN(c2ccc3c(c2)-c2onc(-c4ccccc4F)c2CCC3)C(=O)O1. The molecule has 0 radical (unpaired) electrons. The number of anilines is 1. The van der Waals surface area contributed by atoms with Gasteiger partial charge in [-0.05, 0) is 49.1 Å². The van der Waals surface area contributed by atoms with Crippen LogP contribution in [0.2, 0.25) is 0 Å². The summed E-state index contributed by atoms with van der Waals surface area (Å²) in [5, 5.41) is 6.88. The van der Waals surface area contributed by atoms with Crippen LogP contribution in [0.3, 0.4) is 0 Å². The Morgan fingerprint density at radius 1 is 1.22 bits per heavy atom. The van der Waals surface area contributed by atoms with Gasteiger partial charge in [-0.2, -0.15) is 0 Å². The lowest BCUT2D eigenvalue weighted by molar-refractivity contribution is -0.119. The van der Waals surface area contributed by atoms with Crippen molar-refractivity contribution in [2.75, 3.05) is 18.0 Å². The lowest BCUT2D eigenvalue weighted by Gasteiger charge is -2.15. The number of amides is 2. The smallest absolute Gasteiger partial charge is 0.414 e. The molecule has 1 aliphatic carbocycles. The second kappa shape index (κ2) is 8.11. The zero-order valence-corrected chi connectivity index (χ0v) is 17.6. The van der Waals surface area contributed by atoms with Crippen molar-refractivity contribution in [2.45, 2.75) is 32.3 Å². The van der Waals surface area contributed by atoms with E-state index in [-0.39, 0.29) is 18.3 Å². The van der Waals surface area contributed by atoms with Crippen LogP contribution in [0.4, 0.5) is 14.9 Å². The van der Waals surface area contributed by atoms with Crippen LogP contribution in [0.1, 0.15) is 24.5 Å². The molecule has 1 fully saturated rings. The lowest BCUT2D eigenvalue weighted by Crippen LogP contribution is -2.33. The molecule has 5 rings (SSSR count). The highest BCUT2D eigenvalue weighted by molar-refractivity contribution is 5.91. The van der Waals surface area contributed by atoms with Gasteiger partial charge in [0, 0.05) is 29.3 Å². The van der Waals surface area contributed by atoms with Crippen molar-refractivity contribution in [2.24, 2.45) is 0 Å². The van der Waals surface area contributed by atoms with E-state index < -0.39 is 12.2 Å². The topological polar surface area (TPSA) is 84.7 Å². The number of fused-ring (bicyclic) bond motifs is 3. The molecular formula is C24H22FN3O4. The van der Waals surface area contributed by atoms with Gasteiger partial charge in [-0.3, -0.25) is 9.69 Å². The molecule has 3 aromatic rings. The number of aryl methyl sites for hydroxylation is 1. The summed E-state index contributed by atoms with van der Waals surface area (Å²) in [7, 11) is 0. The Morgan fingerprint density at radius 3 is 2.88 bits per heavy atom. The molecule has 7 nitrogen and oxygen atoms in total. The molecule has 2 aromatic carbocycles. The number of hydrogen-bond acceptors (Lipinski definition) is 5. The lowest BCUT2D eigenvalue weighted by atomic mass is 9.99. The van der Waals surface area contributed by atoms with Gasteiger partial charge >= 0.3 is 6.09 Å². The summed E-state index contributed by atoms with van der Waals surface area (Å²) in [6.07, 6.45) is 1.56. The summed E-state index contributed by atoms with van der Waals surface area (Å²) in [4.78, 5) is 25.2. The fraction of sp³-hybridized carbons (Fsp3) is 0.292. The molecule has 1 atom stereocenters. The average molecular weight is 435 g/mol. The molecular weight excluding hydrogens is 413 g/mol. The third-order valence-corrected chi connectivity index (χ3v) is 5.89. The van der Waals surface area contributed by atoms with Crippen molar-refractivity contribution >= 4 is 17.7 Å². The van der Waals surface area contributed by atoms with Crippen molar-refractivity contribution in [3.8, 4) is 22.6 Å². The van der Waals surface area contributed by atoms with Gasteiger partial charge in [0.25, 0.3) is 0 Å². The standard InChI is InChI=1S/C24H22FN3O4/c1-14(29)26-12-17-13-28(24(30)31-17)16-10-9-15-5-4-7-19-22(18-6-2-3-8-21(18)25)27-32-23(19)20(15)11-16/h2-3,6,8-11,17H,4-5,7,12-13H2,1H3,(H,26,29). The van der Waals surface area contributed by atoms with Gasteiger partial charge in [0.05, 0.1) is 13.1 Å². The largest absolute Gasteiger partial charge is 0.442 e. The van der Waals surface area contributed by atoms with Crippen LogP contribution in [-0.2, 0) is 22.4 Å². The molecule has 0 saturated carbocycles. The number of halogens is 1. The van der Waals surface area contributed by atoms with Crippen molar-refractivity contribution in [3.05, 3.63) is 59.4 Å². The molecule has 2 aliphatic rings. The van der Waals surface area contributed by atoms with E-state index in [9.17, 15) is 14.0 Å². The highest BCUT2D eigenvalue weighted by atomic mass is 19.1. The summed E-state index contributed by atoms with van der Waals surface area (Å²) in [6, 6.07) is 12.3. The summed E-state index contributed by atoms with van der Waals surface area (Å²) in [5.74, 6) is 0.0971. The van der Waals surface area contributed by atoms with Crippen molar-refractivity contribution in [1.82, 2.24) is 10.5 Å². The Kier molecular flexibility index (Phi) is 5.13. The highest BCUT2D eigenvalue weighted by Gasteiger charge is 2.33. The number of hydrogen-bond donors (Lipinski definition) is 1. The fourth-order valence-electron chi connectivity index (χ4n) is 4.33. The van der Waals surface area contributed by atoms with Crippen LogP contribution in [-0.4, -0.2) is 36.4 Å². The third kappa shape index (κ3) is 3.62. The first kappa shape index (κ1) is 20.2. The van der Waals surface area contributed by atoms with E-state index in [4.69, 9.17) is 9.26 Å². The van der Waals surface area contributed by atoms with Gasteiger partial charge in [-0.15, -0.1) is 0 Å². The van der Waals surface area contributed by atoms with E-state index in [0.717, 1.165) is 36.0 Å². The summed E-state index contributed by atoms with van der Waals surface area (Å²) < 4.78 is 25.5. The van der Waals surface area contributed by atoms with Crippen molar-refractivity contribution in [3.63, 3.8) is 0 Å². The first-order valence-electron chi connectivity index (χ1n) is 10.6. The molecule has 1 aromatic heterocycles. The Morgan fingerprint density at radius 2 is 2.06 bits per heavy atom. The van der Waals surface area contributed by atoms with Crippen LogP contribution < -0.4 is 10.2 Å². The van der Waals surface area contributed by atoms with Gasteiger partial charge in [0.1, 0.15) is 17.6 Å². The molecule has 1 saturated heterocycles. The van der Waals surface area contributed by atoms with Crippen LogP contribution in [0.25, 0.3) is 22.6 Å². The minimum atomic E-state index is -0.459. The Balaban J connectivity index is 1.49. The van der Waals surface area contributed by atoms with Crippen LogP contribution in [0.5, 0.6) is 0 Å². The van der Waals surface area contributed by atoms with Crippen LogP contribution in [0, 0.1) is 5.82 Å². The zero-order chi connectivity index (χ0) is 22.2. The maximum absolute atomic E-state index is 14.4. The molecule has 32 heavy (non-hydrogen) atoms. The predicted molar refractivity (Wildman–Crippen MR) is 116 cm³/mol. The van der Waals surface area contributed by atoms with E-state index in [1.54, 1.807) is 23.1 Å². The number of nitrogens with zero attached hydrogens (tertiary/aromatic N) is 2. The minimum Gasteiger partial charge on any atom is -0.442 e. The number of benzene rings is 2. The maximum Gasteiger partial charge on any atom is 0.414 e. The molecule has 8 heteroatoms. The first-order chi connectivity index (χ1) is 15.5. The number of rotatable bonds is 4. The monoisotopic (exact) mass is 435 g/mol. The van der Waals surface area contributed by atoms with Crippen molar-refractivity contribution < 1.29 is 23.2 Å². The molecule has 0 spiro atoms.